The number of benzene rings is 1. The predicted octanol–water partition coefficient (Wildman–Crippen LogP) is 2.45. The van der Waals surface area contributed by atoms with Crippen LogP contribution >= 0.6 is 0 Å². The molecule has 0 aromatic heterocycles. The summed E-state index contributed by atoms with van der Waals surface area (Å²) in [5.41, 5.74) is 0.198. The Balaban J connectivity index is 3.10. The van der Waals surface area contributed by atoms with Crippen LogP contribution in [0.1, 0.15) is 33.3 Å². The molecule has 120 valence electrons. The zero-order valence-corrected chi connectivity index (χ0v) is 14.9. The first-order chi connectivity index (χ1) is 9.69. The smallest absolute Gasteiger partial charge is 0.277 e. The second-order valence-corrected chi connectivity index (χ2v) is 5.68. The average molecular weight is 322 g/mol. The van der Waals surface area contributed by atoms with Gasteiger partial charge < -0.3 is 13.9 Å². The molecule has 0 unspecified atom stereocenters. The molecule has 0 aliphatic carbocycles. The van der Waals surface area contributed by atoms with Crippen molar-refractivity contribution in [1.82, 2.24) is 0 Å². The standard InChI is InChI=1S/C14H21F3O3Si/c1-8(2)18-14(20-21,19-9(3)4)7-10-5-11(15)13(17)12(16)6-10/h5-6,8-9H,7H2,1-4,21H3. The highest BCUT2D eigenvalue weighted by molar-refractivity contribution is 5.98. The van der Waals surface area contributed by atoms with Gasteiger partial charge in [-0.15, -0.1) is 0 Å². The third kappa shape index (κ3) is 5.10. The Hall–Kier alpha value is -0.893. The summed E-state index contributed by atoms with van der Waals surface area (Å²) in [5, 5.41) is 0. The van der Waals surface area contributed by atoms with Gasteiger partial charge >= 0.3 is 0 Å². The molecule has 0 aliphatic heterocycles. The van der Waals surface area contributed by atoms with Gasteiger partial charge in [0, 0.05) is 0 Å². The molecule has 7 heteroatoms. The normalized spacial score (nSPS) is 12.6. The fourth-order valence-electron chi connectivity index (χ4n) is 1.96. The SMILES string of the molecule is CC(C)OC(Cc1cc(F)c(F)c(F)c1)(O[SiH3])OC(C)C. The monoisotopic (exact) mass is 322 g/mol. The summed E-state index contributed by atoms with van der Waals surface area (Å²) in [6.45, 7) is 7.19. The summed E-state index contributed by atoms with van der Waals surface area (Å²) in [5.74, 6) is -5.42. The van der Waals surface area contributed by atoms with Crippen LogP contribution in [0.5, 0.6) is 0 Å². The molecule has 3 nitrogen and oxygen atoms in total. The molecule has 0 saturated heterocycles. The minimum absolute atomic E-state index is 0.0407. The number of hydrogen-bond acceptors (Lipinski definition) is 3. The van der Waals surface area contributed by atoms with Gasteiger partial charge in [-0.3, -0.25) is 0 Å². The Bertz CT molecular complexity index is 448. The van der Waals surface area contributed by atoms with Crippen molar-refractivity contribution in [3.8, 4) is 0 Å². The topological polar surface area (TPSA) is 27.7 Å². The summed E-state index contributed by atoms with van der Waals surface area (Å²) in [6, 6.07) is 1.84. The molecule has 0 aliphatic rings. The van der Waals surface area contributed by atoms with E-state index in [1.807, 2.05) is 0 Å². The minimum Gasteiger partial charge on any atom is -0.380 e. The largest absolute Gasteiger partial charge is 0.380 e. The molecule has 21 heavy (non-hydrogen) atoms. The van der Waals surface area contributed by atoms with E-state index >= 15 is 0 Å². The van der Waals surface area contributed by atoms with E-state index in [9.17, 15) is 13.2 Å². The number of halogens is 3. The van der Waals surface area contributed by atoms with Gasteiger partial charge in [0.25, 0.3) is 5.97 Å². The van der Waals surface area contributed by atoms with Crippen molar-refractivity contribution >= 4 is 10.5 Å². The average Bonchev–Trinajstić information content (AvgIpc) is 2.34. The summed E-state index contributed by atoms with van der Waals surface area (Å²) in [6.07, 6.45) is -0.471. The lowest BCUT2D eigenvalue weighted by Gasteiger charge is -2.36. The van der Waals surface area contributed by atoms with Crippen molar-refractivity contribution < 1.29 is 27.1 Å². The van der Waals surface area contributed by atoms with E-state index in [4.69, 9.17) is 13.9 Å². The number of hydrogen-bond donors (Lipinski definition) is 0. The first-order valence-corrected chi connectivity index (χ1v) is 7.55. The first kappa shape index (κ1) is 18.2. The van der Waals surface area contributed by atoms with Crippen LogP contribution in [0.4, 0.5) is 13.2 Å². The summed E-state index contributed by atoms with van der Waals surface area (Å²) in [4.78, 5) is 0. The molecule has 0 fully saturated rings. The van der Waals surface area contributed by atoms with Gasteiger partial charge in [-0.2, -0.15) is 0 Å². The molecule has 0 spiro atoms. The van der Waals surface area contributed by atoms with E-state index in [0.717, 1.165) is 12.1 Å². The van der Waals surface area contributed by atoms with Crippen LogP contribution in [0.2, 0.25) is 0 Å². The Morgan fingerprint density at radius 2 is 1.43 bits per heavy atom. The van der Waals surface area contributed by atoms with Gasteiger partial charge in [-0.1, -0.05) is 0 Å². The third-order valence-corrected chi connectivity index (χ3v) is 3.23. The van der Waals surface area contributed by atoms with Gasteiger partial charge in [0.2, 0.25) is 0 Å². The number of ether oxygens (including phenoxy) is 2. The summed E-state index contributed by atoms with van der Waals surface area (Å²) in [7, 11) is 0.301. The Kier molecular flexibility index (Phi) is 6.39. The van der Waals surface area contributed by atoms with E-state index in [0.29, 0.717) is 10.5 Å². The van der Waals surface area contributed by atoms with Gasteiger partial charge in [0.15, 0.2) is 27.9 Å². The lowest BCUT2D eigenvalue weighted by Crippen LogP contribution is -2.44. The van der Waals surface area contributed by atoms with Crippen LogP contribution in [0.3, 0.4) is 0 Å². The van der Waals surface area contributed by atoms with E-state index in [1.54, 1.807) is 27.7 Å². The lowest BCUT2D eigenvalue weighted by atomic mass is 10.1. The highest BCUT2D eigenvalue weighted by atomic mass is 28.2. The molecular formula is C14H21F3O3Si. The second kappa shape index (κ2) is 7.39. The molecular weight excluding hydrogens is 301 g/mol. The quantitative estimate of drug-likeness (QED) is 0.438. The van der Waals surface area contributed by atoms with Crippen LogP contribution in [0, 0.1) is 17.5 Å². The highest BCUT2D eigenvalue weighted by Crippen LogP contribution is 2.26. The maximum atomic E-state index is 13.3. The molecule has 0 amide bonds. The minimum atomic E-state index is -1.49. The molecule has 0 N–H and O–H groups in total. The first-order valence-electron chi connectivity index (χ1n) is 6.73. The molecule has 0 saturated carbocycles. The summed E-state index contributed by atoms with van der Waals surface area (Å²) >= 11 is 0. The van der Waals surface area contributed by atoms with E-state index < -0.39 is 23.4 Å². The zero-order chi connectivity index (χ0) is 16.2. The molecule has 0 bridgehead atoms. The van der Waals surface area contributed by atoms with Gasteiger partial charge in [0.05, 0.1) is 18.6 Å². The fourth-order valence-corrected chi connectivity index (χ4v) is 2.29. The molecule has 1 aromatic rings. The van der Waals surface area contributed by atoms with Gasteiger partial charge in [-0.05, 0) is 45.4 Å². The molecule has 1 aromatic carbocycles. The lowest BCUT2D eigenvalue weighted by molar-refractivity contribution is -0.365. The van der Waals surface area contributed by atoms with Crippen LogP contribution in [0.25, 0.3) is 0 Å². The van der Waals surface area contributed by atoms with Crippen LogP contribution in [-0.4, -0.2) is 28.7 Å². The fraction of sp³-hybridized carbons (Fsp3) is 0.571. The maximum absolute atomic E-state index is 13.3. The van der Waals surface area contributed by atoms with Crippen LogP contribution in [0.15, 0.2) is 12.1 Å². The van der Waals surface area contributed by atoms with E-state index in [-0.39, 0.29) is 24.2 Å². The highest BCUT2D eigenvalue weighted by Gasteiger charge is 2.35. The third-order valence-electron chi connectivity index (χ3n) is 2.61. The van der Waals surface area contributed by atoms with Crippen molar-refractivity contribution in [2.24, 2.45) is 0 Å². The Morgan fingerprint density at radius 3 is 1.76 bits per heavy atom. The van der Waals surface area contributed by atoms with E-state index in [2.05, 4.69) is 0 Å². The van der Waals surface area contributed by atoms with Crippen LogP contribution < -0.4 is 0 Å². The van der Waals surface area contributed by atoms with Crippen LogP contribution in [-0.2, 0) is 20.3 Å². The second-order valence-electron chi connectivity index (χ2n) is 5.27. The van der Waals surface area contributed by atoms with Gasteiger partial charge in [-0.25, -0.2) is 13.2 Å². The van der Waals surface area contributed by atoms with Crippen molar-refractivity contribution in [2.45, 2.75) is 52.3 Å². The van der Waals surface area contributed by atoms with E-state index in [1.165, 1.54) is 0 Å². The van der Waals surface area contributed by atoms with Crippen molar-refractivity contribution in [3.63, 3.8) is 0 Å². The van der Waals surface area contributed by atoms with Gasteiger partial charge in [0.1, 0.15) is 0 Å². The molecule has 1 rings (SSSR count). The molecule has 0 radical (unpaired) electrons. The molecule has 0 heterocycles. The van der Waals surface area contributed by atoms with Crippen molar-refractivity contribution in [2.75, 3.05) is 0 Å². The Morgan fingerprint density at radius 1 is 1.00 bits per heavy atom. The number of rotatable bonds is 7. The predicted molar refractivity (Wildman–Crippen MR) is 76.2 cm³/mol. The maximum Gasteiger partial charge on any atom is 0.277 e. The van der Waals surface area contributed by atoms with Crippen molar-refractivity contribution in [1.29, 1.82) is 0 Å². The zero-order valence-electron chi connectivity index (χ0n) is 12.9. The Labute approximate surface area is 125 Å². The molecule has 0 atom stereocenters. The van der Waals surface area contributed by atoms with Crippen molar-refractivity contribution in [3.05, 3.63) is 35.1 Å². The summed E-state index contributed by atoms with van der Waals surface area (Å²) < 4.78 is 56.4.